The highest BCUT2D eigenvalue weighted by Crippen LogP contribution is 2.35. The zero-order valence-corrected chi connectivity index (χ0v) is 14.0. The van der Waals surface area contributed by atoms with Crippen LogP contribution in [-0.2, 0) is 14.6 Å². The highest BCUT2D eigenvalue weighted by molar-refractivity contribution is 7.99. The number of benzene rings is 1. The van der Waals surface area contributed by atoms with E-state index in [0.717, 1.165) is 17.7 Å². The number of fused-ring (bicyclic) bond motifs is 1. The molecule has 0 aliphatic carbocycles. The Balaban J connectivity index is 2.01. The summed E-state index contributed by atoms with van der Waals surface area (Å²) in [5.41, 5.74) is 1.09. The molecule has 21 heavy (non-hydrogen) atoms. The molecule has 116 valence electrons. The van der Waals surface area contributed by atoms with Gasteiger partial charge >= 0.3 is 0 Å². The molecule has 1 amide bonds. The number of thioether (sulfide) groups is 1. The zero-order chi connectivity index (χ0) is 15.5. The SMILES string of the molecule is CC(C)CS(=O)(=O)CC(=O)NC1CCSc2ccccc21. The molecule has 1 N–H and O–H groups in total. The number of sulfone groups is 1. The van der Waals surface area contributed by atoms with E-state index in [2.05, 4.69) is 5.32 Å². The fourth-order valence-electron chi connectivity index (χ4n) is 2.49. The van der Waals surface area contributed by atoms with E-state index < -0.39 is 21.5 Å². The lowest BCUT2D eigenvalue weighted by Crippen LogP contribution is -2.36. The highest BCUT2D eigenvalue weighted by Gasteiger charge is 2.24. The maximum atomic E-state index is 12.0. The smallest absolute Gasteiger partial charge is 0.235 e. The van der Waals surface area contributed by atoms with Gasteiger partial charge in [0.25, 0.3) is 0 Å². The van der Waals surface area contributed by atoms with Crippen molar-refractivity contribution in [2.24, 2.45) is 5.92 Å². The summed E-state index contributed by atoms with van der Waals surface area (Å²) in [4.78, 5) is 13.2. The van der Waals surface area contributed by atoms with Crippen molar-refractivity contribution >= 4 is 27.5 Å². The number of hydrogen-bond acceptors (Lipinski definition) is 4. The molecule has 6 heteroatoms. The Morgan fingerprint density at radius 1 is 1.38 bits per heavy atom. The molecule has 1 aromatic rings. The molecule has 1 aliphatic heterocycles. The van der Waals surface area contributed by atoms with Crippen LogP contribution >= 0.6 is 11.8 Å². The minimum atomic E-state index is -3.33. The van der Waals surface area contributed by atoms with Gasteiger partial charge in [-0.1, -0.05) is 32.0 Å². The maximum absolute atomic E-state index is 12.0. The van der Waals surface area contributed by atoms with Crippen LogP contribution in [0, 0.1) is 5.92 Å². The largest absolute Gasteiger partial charge is 0.348 e. The van der Waals surface area contributed by atoms with Crippen LogP contribution in [-0.4, -0.2) is 31.6 Å². The lowest BCUT2D eigenvalue weighted by atomic mass is 10.0. The van der Waals surface area contributed by atoms with Gasteiger partial charge in [0, 0.05) is 10.6 Å². The van der Waals surface area contributed by atoms with E-state index in [0.29, 0.717) is 0 Å². The van der Waals surface area contributed by atoms with Gasteiger partial charge in [-0.15, -0.1) is 11.8 Å². The summed E-state index contributed by atoms with van der Waals surface area (Å²) in [6, 6.07) is 7.87. The molecule has 0 bridgehead atoms. The van der Waals surface area contributed by atoms with Crippen molar-refractivity contribution < 1.29 is 13.2 Å². The molecule has 1 atom stereocenters. The van der Waals surface area contributed by atoms with E-state index in [1.165, 1.54) is 4.90 Å². The number of carbonyl (C=O) groups is 1. The predicted octanol–water partition coefficient (Wildman–Crippen LogP) is 2.41. The minimum Gasteiger partial charge on any atom is -0.348 e. The second-order valence-corrected chi connectivity index (χ2v) is 8.99. The fraction of sp³-hybridized carbons (Fsp3) is 0.533. The van der Waals surface area contributed by atoms with Gasteiger partial charge in [0.2, 0.25) is 5.91 Å². The van der Waals surface area contributed by atoms with E-state index in [9.17, 15) is 13.2 Å². The van der Waals surface area contributed by atoms with Gasteiger partial charge in [-0.25, -0.2) is 8.42 Å². The van der Waals surface area contributed by atoms with Crippen LogP contribution in [0.5, 0.6) is 0 Å². The first kappa shape index (κ1) is 16.4. The average molecular weight is 327 g/mol. The molecule has 1 unspecified atom stereocenters. The molecular formula is C15H21NO3S2. The molecule has 0 radical (unpaired) electrons. The van der Waals surface area contributed by atoms with E-state index >= 15 is 0 Å². The number of carbonyl (C=O) groups excluding carboxylic acids is 1. The Bertz CT molecular complexity index is 611. The summed E-state index contributed by atoms with van der Waals surface area (Å²) in [6.07, 6.45) is 0.831. The Labute approximate surface area is 130 Å². The van der Waals surface area contributed by atoms with Gasteiger partial charge in [-0.3, -0.25) is 4.79 Å². The van der Waals surface area contributed by atoms with E-state index in [-0.39, 0.29) is 17.7 Å². The Morgan fingerprint density at radius 2 is 2.10 bits per heavy atom. The van der Waals surface area contributed by atoms with Gasteiger partial charge in [-0.05, 0) is 24.0 Å². The normalized spacial score (nSPS) is 18.3. The molecule has 1 aromatic carbocycles. The number of amides is 1. The fourth-order valence-corrected chi connectivity index (χ4v) is 5.24. The van der Waals surface area contributed by atoms with Crippen LogP contribution in [0.15, 0.2) is 29.2 Å². The first-order chi connectivity index (χ1) is 9.87. The minimum absolute atomic E-state index is 0.0367. The van der Waals surface area contributed by atoms with Crippen molar-refractivity contribution in [3.05, 3.63) is 29.8 Å². The van der Waals surface area contributed by atoms with Crippen molar-refractivity contribution in [2.75, 3.05) is 17.3 Å². The average Bonchev–Trinajstić information content (AvgIpc) is 2.36. The molecule has 2 rings (SSSR count). The molecule has 0 spiro atoms. The van der Waals surface area contributed by atoms with Crippen molar-refractivity contribution in [3.8, 4) is 0 Å². The van der Waals surface area contributed by atoms with Gasteiger partial charge in [-0.2, -0.15) is 0 Å². The van der Waals surface area contributed by atoms with Crippen molar-refractivity contribution in [3.63, 3.8) is 0 Å². The first-order valence-electron chi connectivity index (χ1n) is 7.09. The maximum Gasteiger partial charge on any atom is 0.235 e. The summed E-state index contributed by atoms with van der Waals surface area (Å²) >= 11 is 1.77. The number of nitrogens with one attached hydrogen (secondary N) is 1. The Hall–Kier alpha value is -1.01. The number of hydrogen-bond donors (Lipinski definition) is 1. The predicted molar refractivity (Wildman–Crippen MR) is 86.2 cm³/mol. The van der Waals surface area contributed by atoms with Crippen LogP contribution in [0.3, 0.4) is 0 Å². The van der Waals surface area contributed by atoms with Gasteiger partial charge in [0.1, 0.15) is 5.75 Å². The molecular weight excluding hydrogens is 306 g/mol. The van der Waals surface area contributed by atoms with Gasteiger partial charge in [0.05, 0.1) is 11.8 Å². The molecule has 4 nitrogen and oxygen atoms in total. The summed E-state index contributed by atoms with van der Waals surface area (Å²) < 4.78 is 23.7. The molecule has 1 heterocycles. The monoisotopic (exact) mass is 327 g/mol. The number of rotatable bonds is 5. The summed E-state index contributed by atoms with van der Waals surface area (Å²) in [5, 5.41) is 2.87. The summed E-state index contributed by atoms with van der Waals surface area (Å²) in [7, 11) is -3.33. The van der Waals surface area contributed by atoms with Crippen LogP contribution in [0.25, 0.3) is 0 Å². The van der Waals surface area contributed by atoms with E-state index in [1.807, 2.05) is 38.1 Å². The van der Waals surface area contributed by atoms with Gasteiger partial charge in [0.15, 0.2) is 9.84 Å². The van der Waals surface area contributed by atoms with Crippen LogP contribution in [0.1, 0.15) is 31.9 Å². The topological polar surface area (TPSA) is 63.2 Å². The Morgan fingerprint density at radius 3 is 2.81 bits per heavy atom. The van der Waals surface area contributed by atoms with E-state index in [1.54, 1.807) is 11.8 Å². The second-order valence-electron chi connectivity index (χ2n) is 5.74. The lowest BCUT2D eigenvalue weighted by Gasteiger charge is -2.25. The van der Waals surface area contributed by atoms with Crippen LogP contribution in [0.2, 0.25) is 0 Å². The molecule has 0 fully saturated rings. The standard InChI is InChI=1S/C15H21NO3S2/c1-11(2)9-21(18,19)10-15(17)16-13-7-8-20-14-6-4-3-5-12(13)14/h3-6,11,13H,7-10H2,1-2H3,(H,16,17). The second kappa shape index (κ2) is 6.83. The molecule has 0 saturated heterocycles. The molecule has 1 aliphatic rings. The van der Waals surface area contributed by atoms with Crippen molar-refractivity contribution in [1.29, 1.82) is 0 Å². The quantitative estimate of drug-likeness (QED) is 0.902. The first-order valence-corrected chi connectivity index (χ1v) is 9.89. The van der Waals surface area contributed by atoms with Crippen LogP contribution in [0.4, 0.5) is 0 Å². The van der Waals surface area contributed by atoms with E-state index in [4.69, 9.17) is 0 Å². The van der Waals surface area contributed by atoms with Crippen molar-refractivity contribution in [2.45, 2.75) is 31.2 Å². The highest BCUT2D eigenvalue weighted by atomic mass is 32.2. The summed E-state index contributed by atoms with van der Waals surface area (Å²) in [6.45, 7) is 3.67. The Kier molecular flexibility index (Phi) is 5.32. The van der Waals surface area contributed by atoms with Crippen LogP contribution < -0.4 is 5.32 Å². The summed E-state index contributed by atoms with van der Waals surface area (Å²) in [5.74, 6) is 0.201. The third-order valence-corrected chi connectivity index (χ3v) is 6.23. The zero-order valence-electron chi connectivity index (χ0n) is 12.3. The molecule has 0 aromatic heterocycles. The van der Waals surface area contributed by atoms with Crippen molar-refractivity contribution in [1.82, 2.24) is 5.32 Å². The third kappa shape index (κ3) is 4.74. The lowest BCUT2D eigenvalue weighted by molar-refractivity contribution is -0.119. The van der Waals surface area contributed by atoms with Gasteiger partial charge < -0.3 is 5.32 Å². The molecule has 0 saturated carbocycles. The third-order valence-electron chi connectivity index (χ3n) is 3.23.